The van der Waals surface area contributed by atoms with E-state index in [1.54, 1.807) is 7.05 Å². The molecule has 0 atom stereocenters. The van der Waals surface area contributed by atoms with Crippen LogP contribution in [0.5, 0.6) is 5.75 Å². The van der Waals surface area contributed by atoms with Crippen molar-refractivity contribution >= 4 is 5.69 Å². The summed E-state index contributed by atoms with van der Waals surface area (Å²) >= 11 is 0. The van der Waals surface area contributed by atoms with Crippen LogP contribution < -0.4 is 5.32 Å². The van der Waals surface area contributed by atoms with Crippen molar-refractivity contribution in [3.05, 3.63) is 23.8 Å². The highest BCUT2D eigenvalue weighted by atomic mass is 19.3. The summed E-state index contributed by atoms with van der Waals surface area (Å²) in [4.78, 5) is 0. The molecule has 0 aliphatic rings. The van der Waals surface area contributed by atoms with E-state index in [-0.39, 0.29) is 5.56 Å². The number of rotatable bonds is 2. The fraction of sp³-hybridized carbons (Fsp3) is 0.333. The SMILES string of the molecule is CNc1cccc(C(C)(F)F)c1O. The molecule has 0 aromatic heterocycles. The van der Waals surface area contributed by atoms with Crippen molar-refractivity contribution in [2.45, 2.75) is 12.8 Å². The number of benzene rings is 1. The molecule has 0 heterocycles. The van der Waals surface area contributed by atoms with E-state index in [0.717, 1.165) is 6.92 Å². The second-order valence-corrected chi connectivity index (χ2v) is 2.84. The molecular weight excluding hydrogens is 176 g/mol. The van der Waals surface area contributed by atoms with Crippen LogP contribution >= 0.6 is 0 Å². The van der Waals surface area contributed by atoms with Gasteiger partial charge in [-0.1, -0.05) is 6.07 Å². The summed E-state index contributed by atoms with van der Waals surface area (Å²) in [6.45, 7) is 0.751. The lowest BCUT2D eigenvalue weighted by atomic mass is 10.1. The molecule has 0 saturated carbocycles. The van der Waals surface area contributed by atoms with E-state index in [4.69, 9.17) is 0 Å². The first-order valence-electron chi connectivity index (χ1n) is 3.85. The Morgan fingerprint density at radius 2 is 2.00 bits per heavy atom. The first-order chi connectivity index (χ1) is 5.96. The first-order valence-corrected chi connectivity index (χ1v) is 3.85. The Morgan fingerprint density at radius 3 is 2.46 bits per heavy atom. The van der Waals surface area contributed by atoms with Crippen LogP contribution in [-0.4, -0.2) is 12.2 Å². The molecule has 2 nitrogen and oxygen atoms in total. The third kappa shape index (κ3) is 1.88. The fourth-order valence-electron chi connectivity index (χ4n) is 1.10. The van der Waals surface area contributed by atoms with E-state index in [1.165, 1.54) is 18.2 Å². The Kier molecular flexibility index (Phi) is 2.40. The van der Waals surface area contributed by atoms with Gasteiger partial charge < -0.3 is 10.4 Å². The molecule has 0 aliphatic carbocycles. The van der Waals surface area contributed by atoms with E-state index in [0.29, 0.717) is 5.69 Å². The summed E-state index contributed by atoms with van der Waals surface area (Å²) < 4.78 is 25.7. The number of para-hydroxylation sites is 1. The average molecular weight is 187 g/mol. The Hall–Kier alpha value is -1.32. The van der Waals surface area contributed by atoms with Crippen LogP contribution in [0.2, 0.25) is 0 Å². The van der Waals surface area contributed by atoms with Crippen molar-refractivity contribution in [1.29, 1.82) is 0 Å². The van der Waals surface area contributed by atoms with Crippen molar-refractivity contribution in [1.82, 2.24) is 0 Å². The maximum absolute atomic E-state index is 12.8. The maximum Gasteiger partial charge on any atom is 0.274 e. The molecule has 1 rings (SSSR count). The molecular formula is C9H11F2NO. The summed E-state index contributed by atoms with van der Waals surface area (Å²) in [6.07, 6.45) is 0. The number of halogens is 2. The highest BCUT2D eigenvalue weighted by Crippen LogP contribution is 2.37. The van der Waals surface area contributed by atoms with Crippen molar-refractivity contribution in [3.8, 4) is 5.75 Å². The highest BCUT2D eigenvalue weighted by Gasteiger charge is 2.28. The Morgan fingerprint density at radius 1 is 1.38 bits per heavy atom. The highest BCUT2D eigenvalue weighted by molar-refractivity contribution is 5.59. The van der Waals surface area contributed by atoms with Crippen LogP contribution in [0.3, 0.4) is 0 Å². The predicted octanol–water partition coefficient (Wildman–Crippen LogP) is 2.55. The first kappa shape index (κ1) is 9.77. The van der Waals surface area contributed by atoms with Crippen molar-refractivity contribution in [2.24, 2.45) is 0 Å². The molecule has 2 N–H and O–H groups in total. The number of aromatic hydroxyl groups is 1. The fourth-order valence-corrected chi connectivity index (χ4v) is 1.10. The number of hydrogen-bond acceptors (Lipinski definition) is 2. The Labute approximate surface area is 75.2 Å². The lowest BCUT2D eigenvalue weighted by Gasteiger charge is -2.14. The minimum absolute atomic E-state index is 0.305. The standard InChI is InChI=1S/C9H11F2NO/c1-9(10,11)6-4-3-5-7(12-2)8(6)13/h3-5,12-13H,1-2H3. The molecule has 72 valence electrons. The van der Waals surface area contributed by atoms with Gasteiger partial charge in [-0.3, -0.25) is 0 Å². The van der Waals surface area contributed by atoms with Gasteiger partial charge in [-0.25, -0.2) is 8.78 Å². The van der Waals surface area contributed by atoms with Gasteiger partial charge in [-0.2, -0.15) is 0 Å². The summed E-state index contributed by atoms with van der Waals surface area (Å²) in [5.74, 6) is -3.41. The normalized spacial score (nSPS) is 11.4. The monoisotopic (exact) mass is 187 g/mol. The molecule has 0 saturated heterocycles. The van der Waals surface area contributed by atoms with Crippen LogP contribution in [0, 0.1) is 0 Å². The van der Waals surface area contributed by atoms with Crippen LogP contribution in [-0.2, 0) is 5.92 Å². The van der Waals surface area contributed by atoms with E-state index < -0.39 is 11.7 Å². The smallest absolute Gasteiger partial charge is 0.274 e. The quantitative estimate of drug-likeness (QED) is 0.697. The van der Waals surface area contributed by atoms with Gasteiger partial charge in [0.2, 0.25) is 0 Å². The van der Waals surface area contributed by atoms with Gasteiger partial charge >= 0.3 is 0 Å². The summed E-state index contributed by atoms with van der Waals surface area (Å²) in [5.41, 5.74) is -0.0571. The topological polar surface area (TPSA) is 32.3 Å². The Bertz CT molecular complexity index is 307. The van der Waals surface area contributed by atoms with Gasteiger partial charge in [0.25, 0.3) is 5.92 Å². The molecule has 1 aromatic rings. The number of phenolic OH excluding ortho intramolecular Hbond substituents is 1. The third-order valence-electron chi connectivity index (χ3n) is 1.78. The van der Waals surface area contributed by atoms with Crippen LogP contribution in [0.25, 0.3) is 0 Å². The third-order valence-corrected chi connectivity index (χ3v) is 1.78. The Balaban J connectivity index is 3.24. The molecule has 1 aromatic carbocycles. The van der Waals surface area contributed by atoms with E-state index in [2.05, 4.69) is 5.32 Å². The minimum atomic E-state index is -3.02. The molecule has 13 heavy (non-hydrogen) atoms. The molecule has 0 bridgehead atoms. The van der Waals surface area contributed by atoms with Crippen LogP contribution in [0.15, 0.2) is 18.2 Å². The molecule has 0 amide bonds. The molecule has 0 fully saturated rings. The second-order valence-electron chi connectivity index (χ2n) is 2.84. The van der Waals surface area contributed by atoms with E-state index in [9.17, 15) is 13.9 Å². The summed E-state index contributed by atoms with van der Waals surface area (Å²) in [7, 11) is 1.56. The number of alkyl halides is 2. The van der Waals surface area contributed by atoms with Gasteiger partial charge in [0.15, 0.2) is 0 Å². The van der Waals surface area contributed by atoms with Gasteiger partial charge in [0.05, 0.1) is 11.3 Å². The lowest BCUT2D eigenvalue weighted by Crippen LogP contribution is -2.07. The second kappa shape index (κ2) is 3.20. The van der Waals surface area contributed by atoms with Crippen molar-refractivity contribution < 1.29 is 13.9 Å². The minimum Gasteiger partial charge on any atom is -0.505 e. The largest absolute Gasteiger partial charge is 0.505 e. The predicted molar refractivity (Wildman–Crippen MR) is 47.2 cm³/mol. The zero-order chi connectivity index (χ0) is 10.1. The van der Waals surface area contributed by atoms with Gasteiger partial charge in [0, 0.05) is 14.0 Å². The van der Waals surface area contributed by atoms with E-state index in [1.807, 2.05) is 0 Å². The van der Waals surface area contributed by atoms with Gasteiger partial charge in [0.1, 0.15) is 5.75 Å². The zero-order valence-electron chi connectivity index (χ0n) is 7.44. The number of anilines is 1. The summed E-state index contributed by atoms with van der Waals surface area (Å²) in [5, 5.41) is 12.0. The van der Waals surface area contributed by atoms with E-state index >= 15 is 0 Å². The molecule has 0 unspecified atom stereocenters. The van der Waals surface area contributed by atoms with Gasteiger partial charge in [-0.15, -0.1) is 0 Å². The van der Waals surface area contributed by atoms with Crippen molar-refractivity contribution in [2.75, 3.05) is 12.4 Å². The molecule has 0 aliphatic heterocycles. The van der Waals surface area contributed by atoms with Crippen LogP contribution in [0.1, 0.15) is 12.5 Å². The maximum atomic E-state index is 12.8. The zero-order valence-corrected chi connectivity index (χ0v) is 7.44. The summed E-state index contributed by atoms with van der Waals surface area (Å²) in [6, 6.07) is 4.21. The number of hydrogen-bond donors (Lipinski definition) is 2. The number of phenols is 1. The molecule has 0 radical (unpaired) electrons. The van der Waals surface area contributed by atoms with Crippen LogP contribution in [0.4, 0.5) is 14.5 Å². The van der Waals surface area contributed by atoms with Gasteiger partial charge in [-0.05, 0) is 12.1 Å². The average Bonchev–Trinajstić information content (AvgIpc) is 2.02. The molecule has 4 heteroatoms. The lowest BCUT2D eigenvalue weighted by molar-refractivity contribution is 0.0152. The molecule has 0 spiro atoms. The number of nitrogens with one attached hydrogen (secondary N) is 1. The van der Waals surface area contributed by atoms with Crippen molar-refractivity contribution in [3.63, 3.8) is 0 Å².